The first-order valence-corrected chi connectivity index (χ1v) is 9.16. The van der Waals surface area contributed by atoms with Crippen molar-refractivity contribution in [3.05, 3.63) is 64.7 Å². The van der Waals surface area contributed by atoms with Crippen molar-refractivity contribution in [3.8, 4) is 5.75 Å². The van der Waals surface area contributed by atoms with E-state index in [1.54, 1.807) is 30.3 Å². The molecule has 158 valence electrons. The third-order valence-electron chi connectivity index (χ3n) is 4.50. The number of amides is 3. The van der Waals surface area contributed by atoms with E-state index in [1.807, 2.05) is 6.92 Å². The molecule has 6 nitrogen and oxygen atoms in total. The van der Waals surface area contributed by atoms with Crippen LogP contribution in [0.15, 0.2) is 42.5 Å². The third kappa shape index (κ3) is 5.16. The van der Waals surface area contributed by atoms with Crippen LogP contribution >= 0.6 is 0 Å². The second-order valence-electron chi connectivity index (χ2n) is 6.89. The smallest absolute Gasteiger partial charge is 0.422 e. The minimum absolute atomic E-state index is 0.0402. The van der Waals surface area contributed by atoms with Crippen LogP contribution in [0.4, 0.5) is 13.2 Å². The summed E-state index contributed by atoms with van der Waals surface area (Å²) >= 11 is 0. The molecule has 2 aromatic rings. The first-order valence-electron chi connectivity index (χ1n) is 9.16. The van der Waals surface area contributed by atoms with Gasteiger partial charge in [0.15, 0.2) is 6.61 Å². The SMILES string of the molecule is Cc1ccc2c(c1)C(=O)N(CCC(=O)NCc1ccc(OCC(F)(F)F)cc1)C2=O. The van der Waals surface area contributed by atoms with Crippen molar-refractivity contribution < 1.29 is 32.3 Å². The predicted molar refractivity (Wildman–Crippen MR) is 101 cm³/mol. The topological polar surface area (TPSA) is 75.7 Å². The summed E-state index contributed by atoms with van der Waals surface area (Å²) in [6, 6.07) is 10.9. The number of fused-ring (bicyclic) bond motifs is 1. The molecule has 0 saturated carbocycles. The van der Waals surface area contributed by atoms with Crippen LogP contribution in [-0.2, 0) is 11.3 Å². The van der Waals surface area contributed by atoms with Gasteiger partial charge in [0, 0.05) is 19.5 Å². The highest BCUT2D eigenvalue weighted by Crippen LogP contribution is 2.24. The molecular weight excluding hydrogens is 401 g/mol. The molecule has 2 aromatic carbocycles. The van der Waals surface area contributed by atoms with E-state index in [1.165, 1.54) is 12.1 Å². The van der Waals surface area contributed by atoms with Gasteiger partial charge >= 0.3 is 6.18 Å². The van der Waals surface area contributed by atoms with Crippen molar-refractivity contribution >= 4 is 17.7 Å². The molecule has 0 aromatic heterocycles. The average Bonchev–Trinajstić information content (AvgIpc) is 2.93. The van der Waals surface area contributed by atoms with E-state index in [0.717, 1.165) is 10.5 Å². The first-order chi connectivity index (χ1) is 14.1. The molecule has 0 saturated heterocycles. The second-order valence-corrected chi connectivity index (χ2v) is 6.89. The molecule has 0 atom stereocenters. The highest BCUT2D eigenvalue weighted by atomic mass is 19.4. The Kier molecular flexibility index (Phi) is 6.09. The van der Waals surface area contributed by atoms with Gasteiger partial charge in [-0.3, -0.25) is 19.3 Å². The molecule has 1 heterocycles. The standard InChI is InChI=1S/C21H19F3N2O4/c1-13-2-7-16-17(10-13)20(29)26(19(16)28)9-8-18(27)25-11-14-3-5-15(6-4-14)30-12-21(22,23)24/h2-7,10H,8-9,11-12H2,1H3,(H,25,27). The molecule has 1 aliphatic rings. The zero-order chi connectivity index (χ0) is 21.9. The number of hydrogen-bond donors (Lipinski definition) is 1. The lowest BCUT2D eigenvalue weighted by molar-refractivity contribution is -0.153. The summed E-state index contributed by atoms with van der Waals surface area (Å²) in [6.07, 6.45) is -4.47. The number of nitrogens with zero attached hydrogens (tertiary/aromatic N) is 1. The van der Waals surface area contributed by atoms with E-state index in [-0.39, 0.29) is 31.2 Å². The van der Waals surface area contributed by atoms with E-state index in [9.17, 15) is 27.6 Å². The number of nitrogens with one attached hydrogen (secondary N) is 1. The molecule has 30 heavy (non-hydrogen) atoms. The van der Waals surface area contributed by atoms with Gasteiger partial charge < -0.3 is 10.1 Å². The Hall–Kier alpha value is -3.36. The van der Waals surface area contributed by atoms with Gasteiger partial charge in [-0.1, -0.05) is 23.8 Å². The van der Waals surface area contributed by atoms with Crippen LogP contribution in [0.5, 0.6) is 5.75 Å². The van der Waals surface area contributed by atoms with E-state index >= 15 is 0 Å². The fourth-order valence-corrected chi connectivity index (χ4v) is 2.98. The van der Waals surface area contributed by atoms with Gasteiger partial charge in [-0.2, -0.15) is 13.2 Å². The molecular formula is C21H19F3N2O4. The Labute approximate surface area is 170 Å². The summed E-state index contributed by atoms with van der Waals surface area (Å²) in [6.45, 7) is 0.560. The molecule has 1 aliphatic heterocycles. The maximum absolute atomic E-state index is 12.4. The fraction of sp³-hybridized carbons (Fsp3) is 0.286. The van der Waals surface area contributed by atoms with Crippen LogP contribution < -0.4 is 10.1 Å². The number of hydrogen-bond acceptors (Lipinski definition) is 4. The fourth-order valence-electron chi connectivity index (χ4n) is 2.98. The Morgan fingerprint density at radius 3 is 2.37 bits per heavy atom. The van der Waals surface area contributed by atoms with Crippen LogP contribution in [0.3, 0.4) is 0 Å². The largest absolute Gasteiger partial charge is 0.484 e. The van der Waals surface area contributed by atoms with Gasteiger partial charge in [0.05, 0.1) is 11.1 Å². The van der Waals surface area contributed by atoms with Crippen LogP contribution in [0, 0.1) is 6.92 Å². The lowest BCUT2D eigenvalue weighted by Crippen LogP contribution is -2.34. The predicted octanol–water partition coefficient (Wildman–Crippen LogP) is 3.24. The van der Waals surface area contributed by atoms with E-state index in [0.29, 0.717) is 16.7 Å². The van der Waals surface area contributed by atoms with E-state index < -0.39 is 24.6 Å². The van der Waals surface area contributed by atoms with Crippen LogP contribution in [0.1, 0.15) is 38.3 Å². The Morgan fingerprint density at radius 2 is 1.70 bits per heavy atom. The van der Waals surface area contributed by atoms with Crippen molar-refractivity contribution in [2.45, 2.75) is 26.1 Å². The van der Waals surface area contributed by atoms with Gasteiger partial charge in [0.25, 0.3) is 11.8 Å². The third-order valence-corrected chi connectivity index (χ3v) is 4.50. The quantitative estimate of drug-likeness (QED) is 0.698. The summed E-state index contributed by atoms with van der Waals surface area (Å²) in [7, 11) is 0. The molecule has 0 aliphatic carbocycles. The number of rotatable bonds is 7. The van der Waals surface area contributed by atoms with Crippen LogP contribution in [0.25, 0.3) is 0 Å². The maximum atomic E-state index is 12.4. The minimum atomic E-state index is -4.41. The Balaban J connectivity index is 1.46. The Bertz CT molecular complexity index is 971. The van der Waals surface area contributed by atoms with E-state index in [2.05, 4.69) is 10.1 Å². The zero-order valence-corrected chi connectivity index (χ0v) is 16.1. The minimum Gasteiger partial charge on any atom is -0.484 e. The molecule has 3 amide bonds. The molecule has 0 spiro atoms. The molecule has 0 fully saturated rings. The molecule has 0 bridgehead atoms. The number of ether oxygens (including phenoxy) is 1. The van der Waals surface area contributed by atoms with Gasteiger partial charge in [0.2, 0.25) is 5.91 Å². The van der Waals surface area contributed by atoms with Crippen molar-refractivity contribution in [1.29, 1.82) is 0 Å². The number of aryl methyl sites for hydroxylation is 1. The van der Waals surface area contributed by atoms with E-state index in [4.69, 9.17) is 0 Å². The van der Waals surface area contributed by atoms with Gasteiger partial charge in [-0.25, -0.2) is 0 Å². The van der Waals surface area contributed by atoms with Crippen LogP contribution in [0.2, 0.25) is 0 Å². The normalized spacial score (nSPS) is 13.4. The molecule has 1 N–H and O–H groups in total. The van der Waals surface area contributed by atoms with Crippen molar-refractivity contribution in [2.24, 2.45) is 0 Å². The average molecular weight is 420 g/mol. The molecule has 3 rings (SSSR count). The van der Waals surface area contributed by atoms with Gasteiger partial charge in [-0.15, -0.1) is 0 Å². The number of halogens is 3. The summed E-state index contributed by atoms with van der Waals surface area (Å²) in [5.41, 5.74) is 2.20. The lowest BCUT2D eigenvalue weighted by atomic mass is 10.1. The zero-order valence-electron chi connectivity index (χ0n) is 16.1. The lowest BCUT2D eigenvalue weighted by Gasteiger charge is -2.13. The first kappa shape index (κ1) is 21.4. The van der Waals surface area contributed by atoms with Gasteiger partial charge in [-0.05, 0) is 36.8 Å². The number of carbonyl (C=O) groups excluding carboxylic acids is 3. The van der Waals surface area contributed by atoms with Crippen molar-refractivity contribution in [2.75, 3.05) is 13.2 Å². The van der Waals surface area contributed by atoms with Crippen LogP contribution in [-0.4, -0.2) is 41.9 Å². The van der Waals surface area contributed by atoms with Gasteiger partial charge in [0.1, 0.15) is 5.75 Å². The second kappa shape index (κ2) is 8.56. The molecule has 0 radical (unpaired) electrons. The van der Waals surface area contributed by atoms with Crippen molar-refractivity contribution in [3.63, 3.8) is 0 Å². The summed E-state index contributed by atoms with van der Waals surface area (Å²) in [4.78, 5) is 37.9. The maximum Gasteiger partial charge on any atom is 0.422 e. The van der Waals surface area contributed by atoms with Crippen molar-refractivity contribution in [1.82, 2.24) is 10.2 Å². The number of carbonyl (C=O) groups is 3. The summed E-state index contributed by atoms with van der Waals surface area (Å²) in [5, 5.41) is 2.65. The molecule has 0 unspecified atom stereocenters. The molecule has 9 heteroatoms. The number of imide groups is 1. The summed E-state index contributed by atoms with van der Waals surface area (Å²) < 4.78 is 41.0. The Morgan fingerprint density at radius 1 is 1.03 bits per heavy atom. The highest BCUT2D eigenvalue weighted by molar-refractivity contribution is 6.21. The number of alkyl halides is 3. The highest BCUT2D eigenvalue weighted by Gasteiger charge is 2.35. The summed E-state index contributed by atoms with van der Waals surface area (Å²) in [5.74, 6) is -1.12. The monoisotopic (exact) mass is 420 g/mol. The number of benzene rings is 2.